The number of hydrogen-bond acceptors (Lipinski definition) is 4. The summed E-state index contributed by atoms with van der Waals surface area (Å²) in [6.45, 7) is 3.18. The lowest BCUT2D eigenvalue weighted by Gasteiger charge is -2.48. The van der Waals surface area contributed by atoms with Gasteiger partial charge in [-0.1, -0.05) is 54.6 Å². The van der Waals surface area contributed by atoms with Gasteiger partial charge < -0.3 is 14.8 Å². The number of aliphatic imine (C=N–C) groups is 1. The standard InChI is InChI=1S/C24H27FN2O3/c1-18(29-3)24(27-19(2)28,30-17-21-12-7-8-13-22(21)25)23(14-9-15-26-23)16-20-10-5-4-6-11-20/h4-15,18H,16-17H2,1-3H3,(H,27,28). The van der Waals surface area contributed by atoms with Gasteiger partial charge in [-0.3, -0.25) is 9.79 Å². The van der Waals surface area contributed by atoms with Gasteiger partial charge in [0.2, 0.25) is 5.91 Å². The summed E-state index contributed by atoms with van der Waals surface area (Å²) in [6.07, 6.45) is 5.30. The van der Waals surface area contributed by atoms with Gasteiger partial charge in [0.25, 0.3) is 0 Å². The van der Waals surface area contributed by atoms with Gasteiger partial charge in [-0.2, -0.15) is 0 Å². The second-order valence-corrected chi connectivity index (χ2v) is 7.40. The molecule has 2 aromatic carbocycles. The predicted molar refractivity (Wildman–Crippen MR) is 115 cm³/mol. The van der Waals surface area contributed by atoms with Crippen molar-refractivity contribution in [2.75, 3.05) is 7.11 Å². The minimum absolute atomic E-state index is 0.0550. The van der Waals surface area contributed by atoms with E-state index in [1.54, 1.807) is 31.5 Å². The molecular weight excluding hydrogens is 383 g/mol. The average Bonchev–Trinajstić information content (AvgIpc) is 3.22. The Bertz CT molecular complexity index is 917. The summed E-state index contributed by atoms with van der Waals surface area (Å²) in [5.74, 6) is -0.669. The van der Waals surface area contributed by atoms with Crippen molar-refractivity contribution in [1.82, 2.24) is 5.32 Å². The zero-order valence-electron chi connectivity index (χ0n) is 17.5. The van der Waals surface area contributed by atoms with Crippen LogP contribution < -0.4 is 5.32 Å². The van der Waals surface area contributed by atoms with Crippen LogP contribution in [0, 0.1) is 5.82 Å². The molecule has 3 rings (SSSR count). The molecule has 0 bridgehead atoms. The van der Waals surface area contributed by atoms with Crippen LogP contribution in [0.2, 0.25) is 0 Å². The lowest BCUT2D eigenvalue weighted by molar-refractivity contribution is -0.189. The number of hydrogen-bond donors (Lipinski definition) is 1. The monoisotopic (exact) mass is 410 g/mol. The van der Waals surface area contributed by atoms with Crippen molar-refractivity contribution in [1.29, 1.82) is 0 Å². The summed E-state index contributed by atoms with van der Waals surface area (Å²) >= 11 is 0. The zero-order chi connectivity index (χ0) is 21.6. The van der Waals surface area contributed by atoms with E-state index in [1.165, 1.54) is 13.0 Å². The minimum atomic E-state index is -1.37. The first-order valence-corrected chi connectivity index (χ1v) is 9.88. The van der Waals surface area contributed by atoms with Gasteiger partial charge in [-0.05, 0) is 24.6 Å². The molecule has 1 heterocycles. The Morgan fingerprint density at radius 2 is 1.90 bits per heavy atom. The van der Waals surface area contributed by atoms with Crippen LogP contribution >= 0.6 is 0 Å². The summed E-state index contributed by atoms with van der Waals surface area (Å²) in [5, 5.41) is 2.96. The summed E-state index contributed by atoms with van der Waals surface area (Å²) in [6, 6.07) is 16.2. The van der Waals surface area contributed by atoms with E-state index < -0.39 is 17.4 Å². The van der Waals surface area contributed by atoms with E-state index in [2.05, 4.69) is 5.32 Å². The molecule has 0 radical (unpaired) electrons. The second-order valence-electron chi connectivity index (χ2n) is 7.40. The third-order valence-corrected chi connectivity index (χ3v) is 5.42. The largest absolute Gasteiger partial charge is 0.377 e. The Labute approximate surface area is 176 Å². The Morgan fingerprint density at radius 1 is 1.20 bits per heavy atom. The smallest absolute Gasteiger partial charge is 0.219 e. The molecule has 1 N–H and O–H groups in total. The van der Waals surface area contributed by atoms with Crippen molar-refractivity contribution in [3.8, 4) is 0 Å². The molecule has 0 spiro atoms. The van der Waals surface area contributed by atoms with E-state index in [0.29, 0.717) is 12.0 Å². The van der Waals surface area contributed by atoms with Crippen LogP contribution in [-0.2, 0) is 27.3 Å². The van der Waals surface area contributed by atoms with Crippen LogP contribution in [0.3, 0.4) is 0 Å². The van der Waals surface area contributed by atoms with Gasteiger partial charge in [0.05, 0.1) is 6.61 Å². The Balaban J connectivity index is 2.07. The zero-order valence-corrected chi connectivity index (χ0v) is 17.5. The normalized spacial score (nSPS) is 20.7. The highest BCUT2D eigenvalue weighted by Gasteiger charge is 2.57. The van der Waals surface area contributed by atoms with Crippen LogP contribution in [0.4, 0.5) is 4.39 Å². The first kappa shape index (κ1) is 21.9. The molecule has 6 heteroatoms. The molecule has 2 aromatic rings. The highest BCUT2D eigenvalue weighted by molar-refractivity contribution is 5.78. The Morgan fingerprint density at radius 3 is 2.50 bits per heavy atom. The molecule has 0 saturated carbocycles. The van der Waals surface area contributed by atoms with Crippen molar-refractivity contribution in [3.63, 3.8) is 0 Å². The lowest BCUT2D eigenvalue weighted by atomic mass is 9.78. The van der Waals surface area contributed by atoms with Crippen molar-refractivity contribution >= 4 is 12.1 Å². The van der Waals surface area contributed by atoms with E-state index in [9.17, 15) is 9.18 Å². The fourth-order valence-electron chi connectivity index (χ4n) is 3.86. The fraction of sp³-hybridized carbons (Fsp3) is 0.333. The highest BCUT2D eigenvalue weighted by Crippen LogP contribution is 2.39. The molecule has 30 heavy (non-hydrogen) atoms. The average molecular weight is 410 g/mol. The van der Waals surface area contributed by atoms with Crippen molar-refractivity contribution < 1.29 is 18.7 Å². The van der Waals surface area contributed by atoms with Gasteiger partial charge in [-0.25, -0.2) is 4.39 Å². The third-order valence-electron chi connectivity index (χ3n) is 5.42. The molecular formula is C24H27FN2O3. The highest BCUT2D eigenvalue weighted by atomic mass is 19.1. The van der Waals surface area contributed by atoms with Crippen LogP contribution in [-0.4, -0.2) is 36.6 Å². The van der Waals surface area contributed by atoms with Crippen LogP contribution in [0.5, 0.6) is 0 Å². The van der Waals surface area contributed by atoms with Crippen LogP contribution in [0.1, 0.15) is 25.0 Å². The maximum Gasteiger partial charge on any atom is 0.219 e. The second kappa shape index (κ2) is 9.32. The SMILES string of the molecule is COC(C)C(NC(C)=O)(OCc1ccccc1F)C1(Cc2ccccc2)C=CC=N1. The van der Waals surface area contributed by atoms with E-state index in [4.69, 9.17) is 14.5 Å². The first-order chi connectivity index (χ1) is 14.4. The van der Waals surface area contributed by atoms with Gasteiger partial charge in [0.15, 0.2) is 5.72 Å². The Kier molecular flexibility index (Phi) is 6.80. The number of amides is 1. The Hall–Kier alpha value is -2.83. The molecule has 0 saturated heterocycles. The number of carbonyl (C=O) groups excluding carboxylic acids is 1. The quantitative estimate of drug-likeness (QED) is 0.639. The number of methoxy groups -OCH3 is 1. The number of nitrogens with zero attached hydrogens (tertiary/aromatic N) is 1. The van der Waals surface area contributed by atoms with Gasteiger partial charge >= 0.3 is 0 Å². The van der Waals surface area contributed by atoms with Crippen LogP contribution in [0.15, 0.2) is 71.7 Å². The molecule has 5 nitrogen and oxygen atoms in total. The number of benzene rings is 2. The number of rotatable bonds is 9. The van der Waals surface area contributed by atoms with Crippen molar-refractivity contribution in [2.45, 2.75) is 44.2 Å². The van der Waals surface area contributed by atoms with E-state index in [1.807, 2.05) is 49.4 Å². The van der Waals surface area contributed by atoms with E-state index in [0.717, 1.165) is 5.56 Å². The summed E-state index contributed by atoms with van der Waals surface area (Å²) in [7, 11) is 1.55. The molecule has 3 atom stereocenters. The minimum Gasteiger partial charge on any atom is -0.377 e. The van der Waals surface area contributed by atoms with Crippen molar-refractivity contribution in [2.24, 2.45) is 4.99 Å². The molecule has 0 aliphatic carbocycles. The molecule has 0 fully saturated rings. The first-order valence-electron chi connectivity index (χ1n) is 9.88. The predicted octanol–water partition coefficient (Wildman–Crippen LogP) is 3.83. The molecule has 1 aliphatic heterocycles. The number of carbonyl (C=O) groups is 1. The maximum absolute atomic E-state index is 14.3. The number of halogens is 1. The number of ether oxygens (including phenoxy) is 2. The van der Waals surface area contributed by atoms with Gasteiger partial charge in [-0.15, -0.1) is 0 Å². The van der Waals surface area contributed by atoms with E-state index >= 15 is 0 Å². The van der Waals surface area contributed by atoms with E-state index in [-0.39, 0.29) is 18.3 Å². The van der Waals surface area contributed by atoms with Gasteiger partial charge in [0, 0.05) is 32.2 Å². The topological polar surface area (TPSA) is 59.9 Å². The molecule has 0 aromatic heterocycles. The van der Waals surface area contributed by atoms with Crippen molar-refractivity contribution in [3.05, 3.63) is 83.7 Å². The van der Waals surface area contributed by atoms with Gasteiger partial charge in [0.1, 0.15) is 17.5 Å². The molecule has 3 unspecified atom stereocenters. The fourth-order valence-corrected chi connectivity index (χ4v) is 3.86. The number of allylic oxidation sites excluding steroid dienone is 1. The summed E-state index contributed by atoms with van der Waals surface area (Å²) in [4.78, 5) is 17.1. The van der Waals surface area contributed by atoms with Crippen LogP contribution in [0.25, 0.3) is 0 Å². The number of nitrogens with one attached hydrogen (secondary N) is 1. The third kappa shape index (κ3) is 4.35. The lowest BCUT2D eigenvalue weighted by Crippen LogP contribution is -2.70. The summed E-state index contributed by atoms with van der Waals surface area (Å²) in [5.41, 5.74) is -0.930. The molecule has 1 amide bonds. The molecule has 158 valence electrons. The summed E-state index contributed by atoms with van der Waals surface area (Å²) < 4.78 is 26.3. The molecule has 1 aliphatic rings. The maximum atomic E-state index is 14.3.